The largest absolute Gasteiger partial charge is 0.133 e. The third kappa shape index (κ3) is 6.06. The van der Waals surface area contributed by atoms with Gasteiger partial charge in [0.25, 0.3) is 0 Å². The van der Waals surface area contributed by atoms with E-state index in [-0.39, 0.29) is 0 Å². The molecule has 8 rings (SSSR count). The molecule has 0 amide bonds. The molecule has 0 fully saturated rings. The van der Waals surface area contributed by atoms with Gasteiger partial charge in [-0.2, -0.15) is 0 Å². The summed E-state index contributed by atoms with van der Waals surface area (Å²) in [5.74, 6) is 0. The second kappa shape index (κ2) is 14.5. The fraction of sp³-hybridized carbons (Fsp3) is 0.0980. The first-order chi connectivity index (χ1) is 25.6. The fourth-order valence-electron chi connectivity index (χ4n) is 7.96. The molecule has 0 aliphatic heterocycles. The van der Waals surface area contributed by atoms with E-state index in [1.54, 1.807) is 0 Å². The minimum Gasteiger partial charge on any atom is -0.133 e. The Morgan fingerprint density at radius 2 is 0.846 bits per heavy atom. The van der Waals surface area contributed by atoms with Crippen molar-refractivity contribution in [1.29, 1.82) is 0 Å². The van der Waals surface area contributed by atoms with Gasteiger partial charge in [0.15, 0.2) is 0 Å². The van der Waals surface area contributed by atoms with Crippen molar-refractivity contribution in [3.63, 3.8) is 0 Å². The number of hydrogen-bond donors (Lipinski definition) is 0. The summed E-state index contributed by atoms with van der Waals surface area (Å²) in [7, 11) is -1.92. The van der Waals surface area contributed by atoms with Crippen LogP contribution in [0.25, 0.3) is 39.0 Å². The maximum Gasteiger partial charge on any atom is 0.00291 e. The Bertz CT molecular complexity index is 2390. The monoisotopic (exact) mass is 688 g/mol. The van der Waals surface area contributed by atoms with Crippen LogP contribution < -0.4 is 0 Å². The van der Waals surface area contributed by atoms with Gasteiger partial charge in [0.1, 0.15) is 0 Å². The van der Waals surface area contributed by atoms with Gasteiger partial charge >= 0.3 is 0 Å². The van der Waals surface area contributed by atoms with E-state index in [4.69, 9.17) is 0 Å². The van der Waals surface area contributed by atoms with Crippen molar-refractivity contribution >= 4 is 15.6 Å². The minimum atomic E-state index is -1.92. The van der Waals surface area contributed by atoms with Crippen LogP contribution in [0.1, 0.15) is 35.1 Å². The topological polar surface area (TPSA) is 0 Å². The van der Waals surface area contributed by atoms with Gasteiger partial charge in [-0.25, -0.2) is 0 Å². The summed E-state index contributed by atoms with van der Waals surface area (Å²) in [4.78, 5) is 5.29. The van der Waals surface area contributed by atoms with Crippen molar-refractivity contribution in [2.75, 3.05) is 0 Å². The summed E-state index contributed by atoms with van der Waals surface area (Å²) < 4.78 is 0. The quantitative estimate of drug-likeness (QED) is 0.149. The summed E-state index contributed by atoms with van der Waals surface area (Å²) in [6.07, 6.45) is 9.19. The van der Waals surface area contributed by atoms with Gasteiger partial charge in [0.2, 0.25) is 0 Å². The molecule has 0 bridgehead atoms. The van der Waals surface area contributed by atoms with Gasteiger partial charge < -0.3 is 0 Å². The van der Waals surface area contributed by atoms with Crippen molar-refractivity contribution < 1.29 is 0 Å². The predicted octanol–water partition coefficient (Wildman–Crippen LogP) is 14.7. The van der Waals surface area contributed by atoms with E-state index in [0.29, 0.717) is 0 Å². The first kappa shape index (κ1) is 33.5. The average molecular weight is 689 g/mol. The fourth-order valence-corrected chi connectivity index (χ4v) is 11.9. The van der Waals surface area contributed by atoms with Crippen molar-refractivity contribution in [2.45, 2.75) is 53.2 Å². The Hall–Kier alpha value is -5.63. The number of benzene rings is 7. The van der Waals surface area contributed by atoms with Crippen LogP contribution in [-0.4, -0.2) is 0 Å². The molecule has 0 saturated heterocycles. The molecule has 1 heteroatoms. The molecule has 1 aliphatic rings. The summed E-state index contributed by atoms with van der Waals surface area (Å²) >= 11 is 0. The van der Waals surface area contributed by atoms with Gasteiger partial charge in [-0.15, -0.1) is 10.0 Å². The standard InChI is InChI=1S/C51H44S/c1-37-19-13-14-30-47(37)51-34-18-33-50(39(51)3)42-23-16-29-46(36-42)52(43-24-9-5-10-25-43,44-26-11-6-12-27-44)45-28-15-22-41(35-45)49-32-17-31-48(38(49)2)40-20-7-4-8-21-40/h5-7,9-36H,4,8H2,1-3H3. The molecule has 0 heterocycles. The lowest BCUT2D eigenvalue weighted by atomic mass is 9.90. The molecule has 0 spiro atoms. The molecule has 0 unspecified atom stereocenters. The average Bonchev–Trinajstić information content (AvgIpc) is 3.20. The van der Waals surface area contributed by atoms with Crippen LogP contribution in [0.15, 0.2) is 208 Å². The van der Waals surface area contributed by atoms with E-state index >= 15 is 0 Å². The molecule has 0 atom stereocenters. The Balaban J connectivity index is 1.35. The molecule has 0 nitrogen and oxygen atoms in total. The molecule has 254 valence electrons. The molecule has 0 saturated carbocycles. The zero-order chi connectivity index (χ0) is 35.5. The van der Waals surface area contributed by atoms with Gasteiger partial charge in [0, 0.05) is 19.6 Å². The zero-order valence-electron chi connectivity index (χ0n) is 30.2. The van der Waals surface area contributed by atoms with E-state index in [1.165, 1.54) is 80.8 Å². The summed E-state index contributed by atoms with van der Waals surface area (Å²) in [5.41, 5.74) is 14.2. The molecule has 0 aromatic heterocycles. The molecule has 7 aromatic rings. The van der Waals surface area contributed by atoms with Crippen LogP contribution in [0.2, 0.25) is 0 Å². The molecule has 0 radical (unpaired) electrons. The van der Waals surface area contributed by atoms with Crippen molar-refractivity contribution in [2.24, 2.45) is 0 Å². The van der Waals surface area contributed by atoms with Crippen LogP contribution >= 0.6 is 10.0 Å². The molecular weight excluding hydrogens is 645 g/mol. The lowest BCUT2D eigenvalue weighted by Gasteiger charge is -2.42. The lowest BCUT2D eigenvalue weighted by molar-refractivity contribution is 1.04. The molecule has 0 N–H and O–H groups in total. The Kier molecular flexibility index (Phi) is 9.37. The first-order valence-electron chi connectivity index (χ1n) is 18.3. The highest BCUT2D eigenvalue weighted by molar-refractivity contribution is 8.34. The van der Waals surface area contributed by atoms with Gasteiger partial charge in [-0.1, -0.05) is 140 Å². The maximum atomic E-state index is 2.48. The van der Waals surface area contributed by atoms with Crippen molar-refractivity contribution in [3.05, 3.63) is 210 Å². The third-order valence-electron chi connectivity index (χ3n) is 10.6. The minimum absolute atomic E-state index is 1.10. The molecular formula is C51H44S. The van der Waals surface area contributed by atoms with Crippen molar-refractivity contribution in [3.8, 4) is 33.4 Å². The van der Waals surface area contributed by atoms with Crippen molar-refractivity contribution in [1.82, 2.24) is 0 Å². The second-order valence-electron chi connectivity index (χ2n) is 13.7. The smallest absolute Gasteiger partial charge is 0.00291 e. The van der Waals surface area contributed by atoms with E-state index in [1.807, 2.05) is 0 Å². The number of aryl methyl sites for hydroxylation is 1. The third-order valence-corrected chi connectivity index (χ3v) is 14.5. The van der Waals surface area contributed by atoms with E-state index in [9.17, 15) is 0 Å². The number of hydrogen-bond acceptors (Lipinski definition) is 0. The van der Waals surface area contributed by atoms with Gasteiger partial charge in [-0.3, -0.25) is 0 Å². The highest BCUT2D eigenvalue weighted by Gasteiger charge is 2.34. The highest BCUT2D eigenvalue weighted by Crippen LogP contribution is 2.73. The molecule has 52 heavy (non-hydrogen) atoms. The SMILES string of the molecule is Cc1ccccc1-c1cccc(-c2cccc(S(c3ccccc3)(c3ccccc3)c3cccc(-c4cccc(C5=CCCC=C5)c4C)c3)c2)c1C. The van der Waals surface area contributed by atoms with Crippen LogP contribution in [0, 0.1) is 20.8 Å². The second-order valence-corrected chi connectivity index (χ2v) is 16.8. The summed E-state index contributed by atoms with van der Waals surface area (Å²) in [5, 5.41) is 0. The first-order valence-corrected chi connectivity index (χ1v) is 20.0. The Morgan fingerprint density at radius 3 is 1.40 bits per heavy atom. The Labute approximate surface area is 311 Å². The predicted molar refractivity (Wildman–Crippen MR) is 223 cm³/mol. The lowest BCUT2D eigenvalue weighted by Crippen LogP contribution is -2.06. The molecule has 1 aliphatic carbocycles. The van der Waals surface area contributed by atoms with Crippen LogP contribution in [-0.2, 0) is 0 Å². The highest BCUT2D eigenvalue weighted by atomic mass is 32.3. The normalized spacial score (nSPS) is 13.1. The Morgan fingerprint density at radius 1 is 0.385 bits per heavy atom. The number of rotatable bonds is 8. The summed E-state index contributed by atoms with van der Waals surface area (Å²) in [6.45, 7) is 6.76. The van der Waals surface area contributed by atoms with E-state index in [0.717, 1.165) is 12.8 Å². The maximum absolute atomic E-state index is 2.48. The van der Waals surface area contributed by atoms with Crippen LogP contribution in [0.5, 0.6) is 0 Å². The van der Waals surface area contributed by atoms with Crippen LogP contribution in [0.4, 0.5) is 0 Å². The van der Waals surface area contributed by atoms with Gasteiger partial charge in [-0.05, 0) is 143 Å². The zero-order valence-corrected chi connectivity index (χ0v) is 31.0. The van der Waals surface area contributed by atoms with Crippen LogP contribution in [0.3, 0.4) is 0 Å². The van der Waals surface area contributed by atoms with E-state index in [2.05, 4.69) is 209 Å². The summed E-state index contributed by atoms with van der Waals surface area (Å²) in [6, 6.07) is 63.4. The molecule has 7 aromatic carbocycles. The van der Waals surface area contributed by atoms with Gasteiger partial charge in [0.05, 0.1) is 0 Å². The van der Waals surface area contributed by atoms with E-state index < -0.39 is 10.0 Å². The number of allylic oxidation sites excluding steroid dienone is 4.